The number of rotatable bonds is 2. The van der Waals surface area contributed by atoms with Gasteiger partial charge in [0.15, 0.2) is 0 Å². The summed E-state index contributed by atoms with van der Waals surface area (Å²) in [6.45, 7) is 2.24. The van der Waals surface area contributed by atoms with Crippen molar-refractivity contribution >= 4 is 17.5 Å². The van der Waals surface area contributed by atoms with Gasteiger partial charge in [0.25, 0.3) is 0 Å². The summed E-state index contributed by atoms with van der Waals surface area (Å²) in [6.07, 6.45) is 4.96. The molecule has 3 aliphatic heterocycles. The van der Waals surface area contributed by atoms with Crippen molar-refractivity contribution in [3.05, 3.63) is 29.8 Å². The predicted molar refractivity (Wildman–Crippen MR) is 88.2 cm³/mol. The zero-order valence-electron chi connectivity index (χ0n) is 13.3. The Labute approximate surface area is 136 Å². The van der Waals surface area contributed by atoms with Gasteiger partial charge in [-0.15, -0.1) is 0 Å². The minimum absolute atomic E-state index is 0.00437. The van der Waals surface area contributed by atoms with E-state index in [9.17, 15) is 9.59 Å². The van der Waals surface area contributed by atoms with E-state index in [1.54, 1.807) is 0 Å². The van der Waals surface area contributed by atoms with Gasteiger partial charge in [0.2, 0.25) is 11.8 Å². The van der Waals surface area contributed by atoms with E-state index in [4.69, 9.17) is 0 Å². The third kappa shape index (κ3) is 2.74. The molecule has 0 spiro atoms. The Morgan fingerprint density at radius 2 is 2.04 bits per heavy atom. The molecule has 3 heterocycles. The average Bonchev–Trinajstić information content (AvgIpc) is 2.97. The molecule has 2 N–H and O–H groups in total. The maximum Gasteiger partial charge on any atom is 0.228 e. The minimum Gasteiger partial charge on any atom is -0.351 e. The van der Waals surface area contributed by atoms with Crippen LogP contribution in [0.4, 0.5) is 5.69 Å². The monoisotopic (exact) mass is 313 g/mol. The number of benzene rings is 1. The summed E-state index contributed by atoms with van der Waals surface area (Å²) in [5.74, 6) is -0.433. The Morgan fingerprint density at radius 1 is 1.17 bits per heavy atom. The average molecular weight is 313 g/mol. The summed E-state index contributed by atoms with van der Waals surface area (Å²) in [7, 11) is 0. The lowest BCUT2D eigenvalue weighted by molar-refractivity contribution is -0.127. The Morgan fingerprint density at radius 3 is 2.96 bits per heavy atom. The zero-order valence-corrected chi connectivity index (χ0v) is 13.3. The lowest BCUT2D eigenvalue weighted by Crippen LogP contribution is -2.48. The van der Waals surface area contributed by atoms with Crippen molar-refractivity contribution in [1.82, 2.24) is 10.2 Å². The fourth-order valence-electron chi connectivity index (χ4n) is 4.34. The first kappa shape index (κ1) is 14.7. The van der Waals surface area contributed by atoms with Crippen LogP contribution in [0.5, 0.6) is 0 Å². The van der Waals surface area contributed by atoms with E-state index in [1.807, 2.05) is 24.3 Å². The molecule has 3 aliphatic rings. The fraction of sp³-hybridized carbons (Fsp3) is 0.556. The molecule has 2 saturated heterocycles. The van der Waals surface area contributed by atoms with Crippen LogP contribution in [-0.2, 0) is 9.59 Å². The van der Waals surface area contributed by atoms with Crippen LogP contribution in [0, 0.1) is 0 Å². The number of para-hydroxylation sites is 1. The minimum atomic E-state index is -0.363. The van der Waals surface area contributed by atoms with E-state index < -0.39 is 0 Å². The molecule has 122 valence electrons. The van der Waals surface area contributed by atoms with Crippen LogP contribution in [0.2, 0.25) is 0 Å². The van der Waals surface area contributed by atoms with Gasteiger partial charge in [-0.25, -0.2) is 0 Å². The number of nitrogens with zero attached hydrogens (tertiary/aromatic N) is 1. The maximum atomic E-state index is 12.8. The molecular weight excluding hydrogens is 290 g/mol. The summed E-state index contributed by atoms with van der Waals surface area (Å²) < 4.78 is 0. The molecule has 0 aromatic heterocycles. The molecule has 2 amide bonds. The molecule has 2 fully saturated rings. The van der Waals surface area contributed by atoms with E-state index in [1.165, 1.54) is 19.3 Å². The van der Waals surface area contributed by atoms with Gasteiger partial charge in [-0.2, -0.15) is 0 Å². The first-order valence-electron chi connectivity index (χ1n) is 8.65. The zero-order chi connectivity index (χ0) is 15.8. The van der Waals surface area contributed by atoms with Crippen molar-refractivity contribution in [3.8, 4) is 0 Å². The van der Waals surface area contributed by atoms with Gasteiger partial charge in [0.05, 0.1) is 5.92 Å². The lowest BCUT2D eigenvalue weighted by atomic mass is 9.89. The molecule has 0 aliphatic carbocycles. The summed E-state index contributed by atoms with van der Waals surface area (Å²) in [6, 6.07) is 8.34. The van der Waals surface area contributed by atoms with E-state index in [-0.39, 0.29) is 30.2 Å². The highest BCUT2D eigenvalue weighted by molar-refractivity contribution is 6.01. The molecule has 3 atom stereocenters. The molecule has 5 heteroatoms. The quantitative estimate of drug-likeness (QED) is 0.876. The van der Waals surface area contributed by atoms with Gasteiger partial charge in [0, 0.05) is 30.7 Å². The summed E-state index contributed by atoms with van der Waals surface area (Å²) in [5.41, 5.74) is 1.71. The number of anilines is 1. The molecule has 0 saturated carbocycles. The van der Waals surface area contributed by atoms with Crippen molar-refractivity contribution in [2.45, 2.75) is 50.1 Å². The van der Waals surface area contributed by atoms with E-state index in [0.717, 1.165) is 30.8 Å². The molecule has 1 aromatic rings. The smallest absolute Gasteiger partial charge is 0.228 e. The van der Waals surface area contributed by atoms with Gasteiger partial charge >= 0.3 is 0 Å². The fourth-order valence-corrected chi connectivity index (χ4v) is 4.34. The summed E-state index contributed by atoms with van der Waals surface area (Å²) in [5, 5.41) is 6.11. The van der Waals surface area contributed by atoms with Crippen molar-refractivity contribution < 1.29 is 9.59 Å². The van der Waals surface area contributed by atoms with E-state index >= 15 is 0 Å². The second-order valence-electron chi connectivity index (χ2n) is 6.89. The van der Waals surface area contributed by atoms with Gasteiger partial charge in [0.1, 0.15) is 0 Å². The number of carbonyl (C=O) groups excluding carboxylic acids is 2. The maximum absolute atomic E-state index is 12.8. The van der Waals surface area contributed by atoms with Gasteiger partial charge in [-0.05, 0) is 37.4 Å². The van der Waals surface area contributed by atoms with Gasteiger partial charge in [-0.3, -0.25) is 14.5 Å². The van der Waals surface area contributed by atoms with Crippen LogP contribution in [0.25, 0.3) is 0 Å². The van der Waals surface area contributed by atoms with Crippen LogP contribution >= 0.6 is 0 Å². The second-order valence-corrected chi connectivity index (χ2v) is 6.89. The third-order valence-corrected chi connectivity index (χ3v) is 5.50. The Hall–Kier alpha value is -1.88. The first-order valence-corrected chi connectivity index (χ1v) is 8.65. The number of piperidine rings is 1. The third-order valence-electron chi connectivity index (χ3n) is 5.50. The number of hydrogen-bond acceptors (Lipinski definition) is 3. The molecule has 0 unspecified atom stereocenters. The molecular formula is C18H23N3O2. The van der Waals surface area contributed by atoms with Crippen molar-refractivity contribution in [3.63, 3.8) is 0 Å². The largest absolute Gasteiger partial charge is 0.351 e. The highest BCUT2D eigenvalue weighted by Gasteiger charge is 2.38. The highest BCUT2D eigenvalue weighted by Crippen LogP contribution is 2.33. The molecule has 4 rings (SSSR count). The number of nitrogens with one attached hydrogen (secondary N) is 2. The number of hydrogen-bond donors (Lipinski definition) is 2. The van der Waals surface area contributed by atoms with Crippen LogP contribution in [0.3, 0.4) is 0 Å². The number of amides is 2. The topological polar surface area (TPSA) is 61.4 Å². The molecule has 0 bridgehead atoms. The highest BCUT2D eigenvalue weighted by atomic mass is 16.2. The SMILES string of the molecule is O=C1C[C@H](C(=O)N[C@@H]2CCN3CCCC[C@@H]23)c2ccccc2N1. The first-order chi connectivity index (χ1) is 11.2. The van der Waals surface area contributed by atoms with Crippen LogP contribution in [0.1, 0.15) is 43.6 Å². The van der Waals surface area contributed by atoms with Gasteiger partial charge in [-0.1, -0.05) is 24.6 Å². The number of fused-ring (bicyclic) bond motifs is 2. The Kier molecular flexibility index (Phi) is 3.81. The van der Waals surface area contributed by atoms with Crippen molar-refractivity contribution in [2.75, 3.05) is 18.4 Å². The molecule has 5 nitrogen and oxygen atoms in total. The molecule has 1 aromatic carbocycles. The second kappa shape index (κ2) is 5.96. The Bertz CT molecular complexity index is 630. The van der Waals surface area contributed by atoms with E-state index in [2.05, 4.69) is 15.5 Å². The molecule has 23 heavy (non-hydrogen) atoms. The summed E-state index contributed by atoms with van der Waals surface area (Å²) in [4.78, 5) is 27.2. The number of carbonyl (C=O) groups is 2. The molecule has 0 radical (unpaired) electrons. The predicted octanol–water partition coefficient (Wildman–Crippen LogP) is 1.86. The van der Waals surface area contributed by atoms with Crippen LogP contribution in [-0.4, -0.2) is 41.9 Å². The van der Waals surface area contributed by atoms with E-state index in [0.29, 0.717) is 6.04 Å². The van der Waals surface area contributed by atoms with Crippen molar-refractivity contribution in [2.24, 2.45) is 0 Å². The van der Waals surface area contributed by atoms with Crippen LogP contribution < -0.4 is 10.6 Å². The standard InChI is InChI=1S/C18H23N3O2/c22-17-11-13(12-5-1-2-6-14(12)19-17)18(23)20-15-8-10-21-9-4-3-7-16(15)21/h1-2,5-6,13,15-16H,3-4,7-11H2,(H,19,22)(H,20,23)/t13-,15+,16-/m0/s1. The Balaban J connectivity index is 1.50. The normalized spacial score (nSPS) is 30.3. The van der Waals surface area contributed by atoms with Crippen molar-refractivity contribution in [1.29, 1.82) is 0 Å². The van der Waals surface area contributed by atoms with Crippen LogP contribution in [0.15, 0.2) is 24.3 Å². The van der Waals surface area contributed by atoms with Gasteiger partial charge < -0.3 is 10.6 Å². The lowest BCUT2D eigenvalue weighted by Gasteiger charge is -2.33. The summed E-state index contributed by atoms with van der Waals surface area (Å²) >= 11 is 0.